The standard InChI is InChI=1S/C40H34N2/c1-25-15-19-30(21-25)41-35-13-6-4-9-28(35)22-29-17-16-27(24-38(29)41)26-18-20-36-32(23-26)31-10-8-12-34-39(31)42(36)37-14-7-5-11-33(37)40(34,2)3/h4,6-10,12-21,23-25H,5,11,22H2,1-3H3. The van der Waals surface area contributed by atoms with E-state index in [4.69, 9.17) is 0 Å². The molecule has 0 N–H and O–H groups in total. The Labute approximate surface area is 247 Å². The lowest BCUT2D eigenvalue weighted by molar-refractivity contribution is 0.585. The van der Waals surface area contributed by atoms with Gasteiger partial charge in [-0.05, 0) is 88.6 Å². The first-order valence-electron chi connectivity index (χ1n) is 15.4. The van der Waals surface area contributed by atoms with Gasteiger partial charge in [0.1, 0.15) is 0 Å². The Morgan fingerprint density at radius 3 is 2.50 bits per heavy atom. The molecule has 2 nitrogen and oxygen atoms in total. The van der Waals surface area contributed by atoms with E-state index < -0.39 is 0 Å². The number of para-hydroxylation sites is 2. The Bertz CT molecular complexity index is 2110. The van der Waals surface area contributed by atoms with Crippen LogP contribution in [-0.2, 0) is 11.8 Å². The fourth-order valence-electron chi connectivity index (χ4n) is 8.03. The molecule has 4 aliphatic rings. The van der Waals surface area contributed by atoms with Crippen molar-refractivity contribution < 1.29 is 0 Å². The summed E-state index contributed by atoms with van der Waals surface area (Å²) in [5.41, 5.74) is 16.3. The number of fused-ring (bicyclic) bond motifs is 6. The number of aromatic nitrogens is 1. The van der Waals surface area contributed by atoms with E-state index in [0.717, 1.165) is 19.3 Å². The molecule has 2 heteroatoms. The second-order valence-corrected chi connectivity index (χ2v) is 13.0. The summed E-state index contributed by atoms with van der Waals surface area (Å²) in [6.07, 6.45) is 14.9. The first kappa shape index (κ1) is 24.1. The minimum Gasteiger partial charge on any atom is -0.310 e. The van der Waals surface area contributed by atoms with Crippen LogP contribution in [0.1, 0.15) is 50.3 Å². The van der Waals surface area contributed by atoms with E-state index >= 15 is 0 Å². The molecule has 5 aromatic rings. The summed E-state index contributed by atoms with van der Waals surface area (Å²) in [5.74, 6) is 0.451. The van der Waals surface area contributed by atoms with Crippen LogP contribution in [0.5, 0.6) is 0 Å². The smallest absolute Gasteiger partial charge is 0.0581 e. The van der Waals surface area contributed by atoms with Crippen molar-refractivity contribution in [3.05, 3.63) is 137 Å². The highest BCUT2D eigenvalue weighted by molar-refractivity contribution is 6.14. The zero-order chi connectivity index (χ0) is 28.2. The zero-order valence-electron chi connectivity index (χ0n) is 24.5. The average Bonchev–Trinajstić information content (AvgIpc) is 3.59. The maximum atomic E-state index is 2.55. The highest BCUT2D eigenvalue weighted by atomic mass is 15.2. The van der Waals surface area contributed by atoms with Crippen molar-refractivity contribution in [2.45, 2.75) is 45.4 Å². The van der Waals surface area contributed by atoms with Gasteiger partial charge in [-0.15, -0.1) is 0 Å². The summed E-state index contributed by atoms with van der Waals surface area (Å²) in [7, 11) is 0. The number of rotatable bonds is 2. The molecule has 4 aromatic carbocycles. The molecule has 2 aliphatic carbocycles. The van der Waals surface area contributed by atoms with Gasteiger partial charge in [0.25, 0.3) is 0 Å². The second kappa shape index (κ2) is 8.49. The summed E-state index contributed by atoms with van der Waals surface area (Å²) in [6.45, 7) is 7.08. The van der Waals surface area contributed by atoms with Gasteiger partial charge in [-0.25, -0.2) is 0 Å². The van der Waals surface area contributed by atoms with Crippen molar-refractivity contribution in [3.63, 3.8) is 0 Å². The SMILES string of the molecule is CC1C=CC(N2c3ccccc3Cc3ccc(-c4ccc5c(c4)c4cccc6c4n5C4=C(CCC=C4)C6(C)C)cc32)=C1. The average molecular weight is 543 g/mol. The molecular formula is C40H34N2. The molecule has 3 heterocycles. The van der Waals surface area contributed by atoms with Crippen molar-refractivity contribution >= 4 is 38.9 Å². The van der Waals surface area contributed by atoms with Crippen LogP contribution in [0.15, 0.2) is 121 Å². The van der Waals surface area contributed by atoms with E-state index in [1.54, 1.807) is 5.57 Å². The minimum atomic E-state index is 0.0337. The monoisotopic (exact) mass is 542 g/mol. The van der Waals surface area contributed by atoms with Crippen molar-refractivity contribution in [1.29, 1.82) is 0 Å². The molecule has 2 aliphatic heterocycles. The fraction of sp³-hybridized carbons (Fsp3) is 0.200. The number of anilines is 2. The number of benzene rings is 4. The first-order chi connectivity index (χ1) is 20.5. The fourth-order valence-corrected chi connectivity index (χ4v) is 8.03. The molecule has 0 spiro atoms. The third-order valence-electron chi connectivity index (χ3n) is 10.1. The zero-order valence-corrected chi connectivity index (χ0v) is 24.5. The van der Waals surface area contributed by atoms with Crippen molar-refractivity contribution in [2.75, 3.05) is 4.90 Å². The lowest BCUT2D eigenvalue weighted by atomic mass is 9.71. The lowest BCUT2D eigenvalue weighted by Crippen LogP contribution is -2.28. The molecule has 42 heavy (non-hydrogen) atoms. The highest BCUT2D eigenvalue weighted by Gasteiger charge is 2.36. The van der Waals surface area contributed by atoms with Crippen molar-refractivity contribution in [3.8, 4) is 11.1 Å². The van der Waals surface area contributed by atoms with E-state index in [9.17, 15) is 0 Å². The largest absolute Gasteiger partial charge is 0.310 e. The van der Waals surface area contributed by atoms with Gasteiger partial charge in [-0.3, -0.25) is 0 Å². The predicted molar refractivity (Wildman–Crippen MR) is 177 cm³/mol. The van der Waals surface area contributed by atoms with Crippen LogP contribution in [0.3, 0.4) is 0 Å². The Balaban J connectivity index is 1.24. The van der Waals surface area contributed by atoms with E-state index in [-0.39, 0.29) is 5.41 Å². The molecule has 9 rings (SSSR count). The summed E-state index contributed by atoms with van der Waals surface area (Å²) in [4.78, 5) is 2.47. The third-order valence-corrected chi connectivity index (χ3v) is 10.1. The molecule has 0 saturated carbocycles. The van der Waals surface area contributed by atoms with Crippen LogP contribution in [0.4, 0.5) is 11.4 Å². The molecular weight excluding hydrogens is 508 g/mol. The van der Waals surface area contributed by atoms with Gasteiger partial charge in [-0.2, -0.15) is 0 Å². The van der Waals surface area contributed by atoms with Crippen molar-refractivity contribution in [2.24, 2.45) is 5.92 Å². The summed E-state index contributed by atoms with van der Waals surface area (Å²) >= 11 is 0. The maximum absolute atomic E-state index is 2.55. The molecule has 1 unspecified atom stereocenters. The van der Waals surface area contributed by atoms with E-state index in [0.29, 0.717) is 5.92 Å². The highest BCUT2D eigenvalue weighted by Crippen LogP contribution is 2.50. The van der Waals surface area contributed by atoms with Gasteiger partial charge < -0.3 is 9.47 Å². The van der Waals surface area contributed by atoms with Crippen LogP contribution < -0.4 is 4.90 Å². The number of allylic oxidation sites excluding steroid dienone is 7. The second-order valence-electron chi connectivity index (χ2n) is 13.0. The molecule has 204 valence electrons. The Hall–Kier alpha value is -4.56. The predicted octanol–water partition coefficient (Wildman–Crippen LogP) is 10.4. The normalized spacial score (nSPS) is 19.7. The number of nitrogens with zero attached hydrogens (tertiary/aromatic N) is 2. The summed E-state index contributed by atoms with van der Waals surface area (Å²) in [5, 5.41) is 2.69. The Morgan fingerprint density at radius 2 is 1.62 bits per heavy atom. The first-order valence-corrected chi connectivity index (χ1v) is 15.4. The van der Waals surface area contributed by atoms with Gasteiger partial charge in [0, 0.05) is 39.7 Å². The molecule has 1 aromatic heterocycles. The Kier molecular flexibility index (Phi) is 4.86. The van der Waals surface area contributed by atoms with E-state index in [1.807, 2.05) is 0 Å². The van der Waals surface area contributed by atoms with Crippen LogP contribution in [-0.4, -0.2) is 4.57 Å². The van der Waals surface area contributed by atoms with Crippen LogP contribution >= 0.6 is 0 Å². The molecule has 1 atom stereocenters. The number of hydrogen-bond donors (Lipinski definition) is 0. The van der Waals surface area contributed by atoms with Gasteiger partial charge in [0.2, 0.25) is 0 Å². The van der Waals surface area contributed by atoms with Crippen LogP contribution in [0.2, 0.25) is 0 Å². The summed E-state index contributed by atoms with van der Waals surface area (Å²) in [6, 6.07) is 30.0. The molecule has 0 amide bonds. The van der Waals surface area contributed by atoms with Crippen LogP contribution in [0, 0.1) is 5.92 Å². The lowest BCUT2D eigenvalue weighted by Gasteiger charge is -2.37. The van der Waals surface area contributed by atoms with Gasteiger partial charge in [-0.1, -0.05) is 93.6 Å². The van der Waals surface area contributed by atoms with Crippen molar-refractivity contribution in [1.82, 2.24) is 4.57 Å². The van der Waals surface area contributed by atoms with Gasteiger partial charge >= 0.3 is 0 Å². The molecule has 0 bridgehead atoms. The van der Waals surface area contributed by atoms with E-state index in [2.05, 4.69) is 139 Å². The molecule has 0 radical (unpaired) electrons. The summed E-state index contributed by atoms with van der Waals surface area (Å²) < 4.78 is 2.55. The Morgan fingerprint density at radius 1 is 0.786 bits per heavy atom. The van der Waals surface area contributed by atoms with Crippen LogP contribution in [0.25, 0.3) is 38.6 Å². The van der Waals surface area contributed by atoms with Gasteiger partial charge in [0.05, 0.1) is 16.7 Å². The maximum Gasteiger partial charge on any atom is 0.0581 e. The van der Waals surface area contributed by atoms with Gasteiger partial charge in [0.15, 0.2) is 0 Å². The quantitative estimate of drug-likeness (QED) is 0.215. The molecule has 0 fully saturated rings. The van der Waals surface area contributed by atoms with E-state index in [1.165, 1.54) is 72.4 Å². The number of hydrogen-bond acceptors (Lipinski definition) is 1. The topological polar surface area (TPSA) is 8.17 Å². The molecule has 0 saturated heterocycles. The minimum absolute atomic E-state index is 0.0337. The third kappa shape index (κ3) is 3.21.